The number of carbonyl (C=O) groups is 2. The Morgan fingerprint density at radius 2 is 1.71 bits per heavy atom. The van der Waals surface area contributed by atoms with Gasteiger partial charge in [-0.25, -0.2) is 0 Å². The van der Waals surface area contributed by atoms with Crippen LogP contribution in [-0.2, 0) is 9.59 Å². The van der Waals surface area contributed by atoms with E-state index >= 15 is 0 Å². The van der Waals surface area contributed by atoms with Crippen molar-refractivity contribution in [2.45, 2.75) is 12.5 Å². The number of nitrogens with zero attached hydrogens (tertiary/aromatic N) is 2. The highest BCUT2D eigenvalue weighted by molar-refractivity contribution is 6.46. The zero-order valence-electron chi connectivity index (χ0n) is 18.3. The van der Waals surface area contributed by atoms with Crippen LogP contribution in [0.2, 0.25) is 0 Å². The van der Waals surface area contributed by atoms with Crippen molar-refractivity contribution >= 4 is 17.4 Å². The molecule has 0 bridgehead atoms. The van der Waals surface area contributed by atoms with Gasteiger partial charge in [0.05, 0.1) is 25.8 Å². The van der Waals surface area contributed by atoms with E-state index in [0.717, 1.165) is 6.54 Å². The lowest BCUT2D eigenvalue weighted by molar-refractivity contribution is -0.139. The van der Waals surface area contributed by atoms with Gasteiger partial charge in [-0.15, -0.1) is 0 Å². The second kappa shape index (κ2) is 9.66. The maximum Gasteiger partial charge on any atom is 0.295 e. The van der Waals surface area contributed by atoms with E-state index in [0.29, 0.717) is 35.6 Å². The third-order valence-electron chi connectivity index (χ3n) is 5.32. The number of carbonyl (C=O) groups excluding carboxylic acids is 2. The van der Waals surface area contributed by atoms with Crippen LogP contribution in [0.3, 0.4) is 0 Å². The van der Waals surface area contributed by atoms with Gasteiger partial charge in [-0.3, -0.25) is 9.59 Å². The quantitative estimate of drug-likeness (QED) is 0.399. The number of amides is 1. The van der Waals surface area contributed by atoms with Gasteiger partial charge in [-0.2, -0.15) is 0 Å². The van der Waals surface area contributed by atoms with Gasteiger partial charge in [0, 0.05) is 12.1 Å². The van der Waals surface area contributed by atoms with Crippen LogP contribution >= 0.6 is 0 Å². The van der Waals surface area contributed by atoms with Crippen molar-refractivity contribution in [3.05, 3.63) is 65.2 Å². The summed E-state index contributed by atoms with van der Waals surface area (Å²) < 4.78 is 10.5. The molecular weight excluding hydrogens is 396 g/mol. The van der Waals surface area contributed by atoms with Crippen molar-refractivity contribution in [2.75, 3.05) is 41.4 Å². The molecule has 1 saturated heterocycles. The molecule has 0 radical (unpaired) electrons. The fraction of sp³-hybridized carbons (Fsp3) is 0.333. The Bertz CT molecular complexity index is 982. The van der Waals surface area contributed by atoms with Gasteiger partial charge in [-0.1, -0.05) is 12.1 Å². The van der Waals surface area contributed by atoms with Gasteiger partial charge in [0.1, 0.15) is 17.3 Å². The van der Waals surface area contributed by atoms with Gasteiger partial charge in [0.2, 0.25) is 0 Å². The van der Waals surface area contributed by atoms with Crippen LogP contribution in [0.25, 0.3) is 5.76 Å². The highest BCUT2D eigenvalue weighted by Gasteiger charge is 2.45. The minimum atomic E-state index is -0.695. The zero-order chi connectivity index (χ0) is 22.5. The number of Topliss-reactive ketones (excluding diaryl/α,β-unsaturated/α-hetero) is 1. The van der Waals surface area contributed by atoms with Crippen LogP contribution in [0, 0.1) is 0 Å². The first-order valence-corrected chi connectivity index (χ1v) is 10.1. The molecule has 7 nitrogen and oxygen atoms in total. The molecule has 1 amide bonds. The SMILES string of the molecule is COc1ccc(C(O)=C2C(=O)C(=O)N(CCCN(C)C)C2c2cccc(OC)c2)cc1. The molecule has 7 heteroatoms. The fourth-order valence-corrected chi connectivity index (χ4v) is 3.73. The Morgan fingerprint density at radius 1 is 1.03 bits per heavy atom. The average Bonchev–Trinajstić information content (AvgIpc) is 3.03. The van der Waals surface area contributed by atoms with Crippen molar-refractivity contribution in [1.82, 2.24) is 9.80 Å². The summed E-state index contributed by atoms with van der Waals surface area (Å²) in [6, 6.07) is 13.3. The van der Waals surface area contributed by atoms with Crippen molar-refractivity contribution in [2.24, 2.45) is 0 Å². The highest BCUT2D eigenvalue weighted by atomic mass is 16.5. The van der Waals surface area contributed by atoms with Crippen LogP contribution in [0.4, 0.5) is 0 Å². The molecule has 0 aliphatic carbocycles. The predicted molar refractivity (Wildman–Crippen MR) is 118 cm³/mol. The Morgan fingerprint density at radius 3 is 2.32 bits per heavy atom. The Balaban J connectivity index is 2.09. The lowest BCUT2D eigenvalue weighted by atomic mass is 9.95. The Hall–Kier alpha value is -3.32. The molecule has 2 aromatic rings. The number of benzene rings is 2. The molecule has 0 saturated carbocycles. The largest absolute Gasteiger partial charge is 0.507 e. The summed E-state index contributed by atoms with van der Waals surface area (Å²) in [4.78, 5) is 29.5. The molecule has 1 fully saturated rings. The van der Waals surface area contributed by atoms with Crippen molar-refractivity contribution in [3.63, 3.8) is 0 Å². The highest BCUT2D eigenvalue weighted by Crippen LogP contribution is 2.40. The minimum absolute atomic E-state index is 0.0771. The molecule has 1 atom stereocenters. The molecule has 0 aromatic heterocycles. The van der Waals surface area contributed by atoms with Gasteiger partial charge < -0.3 is 24.4 Å². The van der Waals surface area contributed by atoms with E-state index < -0.39 is 17.7 Å². The van der Waals surface area contributed by atoms with Crippen molar-refractivity contribution in [1.29, 1.82) is 0 Å². The van der Waals surface area contributed by atoms with E-state index in [9.17, 15) is 14.7 Å². The Labute approximate surface area is 182 Å². The van der Waals surface area contributed by atoms with E-state index in [4.69, 9.17) is 9.47 Å². The molecule has 1 aliphatic rings. The molecule has 2 aromatic carbocycles. The van der Waals surface area contributed by atoms with Gasteiger partial charge in [-0.05, 0) is 69.0 Å². The lowest BCUT2D eigenvalue weighted by Crippen LogP contribution is -2.32. The predicted octanol–water partition coefficient (Wildman–Crippen LogP) is 3.08. The van der Waals surface area contributed by atoms with E-state index in [1.807, 2.05) is 31.1 Å². The summed E-state index contributed by atoms with van der Waals surface area (Å²) >= 11 is 0. The van der Waals surface area contributed by atoms with Crippen LogP contribution in [0.1, 0.15) is 23.6 Å². The summed E-state index contributed by atoms with van der Waals surface area (Å²) in [5, 5.41) is 11.1. The first-order valence-electron chi connectivity index (χ1n) is 10.1. The van der Waals surface area contributed by atoms with Crippen LogP contribution < -0.4 is 9.47 Å². The number of methoxy groups -OCH3 is 2. The second-order valence-electron chi connectivity index (χ2n) is 7.65. The van der Waals surface area contributed by atoms with Crippen molar-refractivity contribution in [3.8, 4) is 11.5 Å². The number of likely N-dealkylation sites (tertiary alicyclic amines) is 1. The monoisotopic (exact) mass is 424 g/mol. The van der Waals surface area contributed by atoms with Crippen molar-refractivity contribution < 1.29 is 24.2 Å². The number of hydrogen-bond donors (Lipinski definition) is 1. The number of hydrogen-bond acceptors (Lipinski definition) is 6. The molecule has 1 unspecified atom stereocenters. The number of ether oxygens (including phenoxy) is 2. The number of ketones is 1. The van der Waals surface area contributed by atoms with E-state index in [1.54, 1.807) is 50.6 Å². The number of aliphatic hydroxyl groups is 1. The van der Waals surface area contributed by atoms with Gasteiger partial charge in [0.15, 0.2) is 0 Å². The number of rotatable bonds is 8. The first kappa shape index (κ1) is 22.4. The zero-order valence-corrected chi connectivity index (χ0v) is 18.3. The van der Waals surface area contributed by atoms with E-state index in [-0.39, 0.29) is 11.3 Å². The summed E-state index contributed by atoms with van der Waals surface area (Å²) in [7, 11) is 7.02. The molecular formula is C24H28N2O5. The van der Waals surface area contributed by atoms with E-state index in [2.05, 4.69) is 0 Å². The standard InChI is InChI=1S/C24H28N2O5/c1-25(2)13-6-14-26-21(17-7-5-8-19(15-17)31-4)20(23(28)24(26)29)22(27)16-9-11-18(30-3)12-10-16/h5,7-12,15,21,27H,6,13-14H2,1-4H3. The number of aliphatic hydroxyl groups excluding tert-OH is 1. The van der Waals surface area contributed by atoms with Crippen LogP contribution in [0.15, 0.2) is 54.1 Å². The third-order valence-corrected chi connectivity index (χ3v) is 5.32. The van der Waals surface area contributed by atoms with E-state index in [1.165, 1.54) is 4.90 Å². The topological polar surface area (TPSA) is 79.3 Å². The molecule has 164 valence electrons. The molecule has 31 heavy (non-hydrogen) atoms. The smallest absolute Gasteiger partial charge is 0.295 e. The molecule has 3 rings (SSSR count). The molecule has 0 spiro atoms. The fourth-order valence-electron chi connectivity index (χ4n) is 3.73. The van der Waals surface area contributed by atoms with Crippen LogP contribution in [0.5, 0.6) is 11.5 Å². The van der Waals surface area contributed by atoms with Gasteiger partial charge >= 0.3 is 0 Å². The third kappa shape index (κ3) is 4.72. The summed E-state index contributed by atoms with van der Waals surface area (Å²) in [6.07, 6.45) is 0.697. The minimum Gasteiger partial charge on any atom is -0.507 e. The molecule has 1 N–H and O–H groups in total. The second-order valence-corrected chi connectivity index (χ2v) is 7.65. The molecule has 1 aliphatic heterocycles. The lowest BCUT2D eigenvalue weighted by Gasteiger charge is -2.26. The average molecular weight is 424 g/mol. The van der Waals surface area contributed by atoms with Crippen LogP contribution in [-0.4, -0.2) is 68.0 Å². The normalized spacial score (nSPS) is 18.0. The maximum atomic E-state index is 13.0. The Kier molecular flexibility index (Phi) is 6.97. The summed E-state index contributed by atoms with van der Waals surface area (Å²) in [5.74, 6) is -0.262. The first-order chi connectivity index (χ1) is 14.9. The summed E-state index contributed by atoms with van der Waals surface area (Å²) in [6.45, 7) is 1.16. The maximum absolute atomic E-state index is 13.0. The molecule has 1 heterocycles. The van der Waals surface area contributed by atoms with Gasteiger partial charge in [0.25, 0.3) is 11.7 Å². The summed E-state index contributed by atoms with van der Waals surface area (Å²) in [5.41, 5.74) is 1.23.